The highest BCUT2D eigenvalue weighted by Crippen LogP contribution is 2.37. The summed E-state index contributed by atoms with van der Waals surface area (Å²) in [5.74, 6) is 0.510. The predicted molar refractivity (Wildman–Crippen MR) is 40.0 cm³/mol. The fraction of sp³-hybridized carbons (Fsp3) is 0.714. The molecule has 0 radical (unpaired) electrons. The van der Waals surface area contributed by atoms with E-state index < -0.39 is 5.50 Å². The van der Waals surface area contributed by atoms with Gasteiger partial charge in [-0.1, -0.05) is 31.7 Å². The second-order valence-electron chi connectivity index (χ2n) is 2.52. The standard InChI is InChI=1S/C7H11FS/c1-5(2)6-3-4-7(8)9-6/h3,5,7H,4H2,1-2H3. The Morgan fingerprint density at radius 1 is 1.78 bits per heavy atom. The van der Waals surface area contributed by atoms with E-state index in [1.807, 2.05) is 6.08 Å². The molecule has 1 rings (SSSR count). The molecular formula is C7H11FS. The van der Waals surface area contributed by atoms with Crippen molar-refractivity contribution in [2.24, 2.45) is 5.92 Å². The second-order valence-corrected chi connectivity index (χ2v) is 3.74. The predicted octanol–water partition coefficient (Wildman–Crippen LogP) is 2.96. The molecule has 0 amide bonds. The molecule has 0 aromatic carbocycles. The average molecular weight is 146 g/mol. The Morgan fingerprint density at radius 2 is 2.44 bits per heavy atom. The molecule has 0 aromatic rings. The molecule has 0 aliphatic carbocycles. The molecule has 1 atom stereocenters. The van der Waals surface area contributed by atoms with Gasteiger partial charge in [0.05, 0.1) is 0 Å². The van der Waals surface area contributed by atoms with Gasteiger partial charge in [0, 0.05) is 6.42 Å². The minimum absolute atomic E-state index is 0.510. The number of hydrogen-bond donors (Lipinski definition) is 0. The Hall–Kier alpha value is 0.0200. The molecule has 0 saturated heterocycles. The molecule has 9 heavy (non-hydrogen) atoms. The number of alkyl halides is 1. The van der Waals surface area contributed by atoms with Gasteiger partial charge in [-0.2, -0.15) is 0 Å². The maximum absolute atomic E-state index is 12.4. The van der Waals surface area contributed by atoms with Crippen LogP contribution >= 0.6 is 11.8 Å². The SMILES string of the molecule is CC(C)C1=CCC(F)S1. The summed E-state index contributed by atoms with van der Waals surface area (Å²) in [6.45, 7) is 4.19. The zero-order chi connectivity index (χ0) is 6.85. The first-order valence-corrected chi connectivity index (χ1v) is 4.09. The molecule has 0 nitrogen and oxygen atoms in total. The third-order valence-corrected chi connectivity index (χ3v) is 2.70. The Kier molecular flexibility index (Phi) is 2.17. The first-order valence-electron chi connectivity index (χ1n) is 3.21. The highest BCUT2D eigenvalue weighted by molar-refractivity contribution is 8.03. The largest absolute Gasteiger partial charge is 0.235 e. The van der Waals surface area contributed by atoms with Crippen molar-refractivity contribution >= 4 is 11.8 Å². The minimum Gasteiger partial charge on any atom is -0.235 e. The van der Waals surface area contributed by atoms with E-state index in [9.17, 15) is 4.39 Å². The monoisotopic (exact) mass is 146 g/mol. The smallest absolute Gasteiger partial charge is 0.153 e. The fourth-order valence-corrected chi connectivity index (χ4v) is 1.78. The van der Waals surface area contributed by atoms with Crippen LogP contribution in [0.3, 0.4) is 0 Å². The summed E-state index contributed by atoms with van der Waals surface area (Å²) >= 11 is 1.37. The van der Waals surface area contributed by atoms with E-state index in [2.05, 4.69) is 13.8 Å². The van der Waals surface area contributed by atoms with E-state index in [1.54, 1.807) is 0 Å². The summed E-state index contributed by atoms with van der Waals surface area (Å²) in [6, 6.07) is 0. The maximum Gasteiger partial charge on any atom is 0.153 e. The second kappa shape index (κ2) is 2.74. The van der Waals surface area contributed by atoms with E-state index in [0.717, 1.165) is 0 Å². The van der Waals surface area contributed by atoms with Crippen molar-refractivity contribution in [3.8, 4) is 0 Å². The Balaban J connectivity index is 2.45. The lowest BCUT2D eigenvalue weighted by molar-refractivity contribution is 0.462. The van der Waals surface area contributed by atoms with Gasteiger partial charge in [0.2, 0.25) is 0 Å². The molecule has 0 spiro atoms. The summed E-state index contributed by atoms with van der Waals surface area (Å²) in [4.78, 5) is 1.21. The van der Waals surface area contributed by atoms with Crippen LogP contribution in [0.2, 0.25) is 0 Å². The molecule has 0 aromatic heterocycles. The van der Waals surface area contributed by atoms with Gasteiger partial charge in [-0.05, 0) is 10.8 Å². The highest BCUT2D eigenvalue weighted by Gasteiger charge is 2.17. The van der Waals surface area contributed by atoms with Crippen LogP contribution in [-0.4, -0.2) is 5.50 Å². The lowest BCUT2D eigenvalue weighted by atomic mass is 10.2. The van der Waals surface area contributed by atoms with E-state index in [4.69, 9.17) is 0 Å². The number of halogens is 1. The van der Waals surface area contributed by atoms with Crippen LogP contribution < -0.4 is 0 Å². The number of rotatable bonds is 1. The third kappa shape index (κ3) is 1.71. The van der Waals surface area contributed by atoms with E-state index in [-0.39, 0.29) is 0 Å². The van der Waals surface area contributed by atoms with Gasteiger partial charge in [0.15, 0.2) is 5.50 Å². The van der Waals surface area contributed by atoms with Crippen molar-refractivity contribution in [3.63, 3.8) is 0 Å². The summed E-state index contributed by atoms with van der Waals surface area (Å²) < 4.78 is 12.4. The fourth-order valence-electron chi connectivity index (χ4n) is 0.824. The molecule has 0 bridgehead atoms. The average Bonchev–Trinajstić information content (AvgIpc) is 2.14. The van der Waals surface area contributed by atoms with Crippen molar-refractivity contribution in [2.75, 3.05) is 0 Å². The molecular weight excluding hydrogens is 135 g/mol. The molecule has 1 unspecified atom stereocenters. The molecule has 0 fully saturated rings. The topological polar surface area (TPSA) is 0 Å². The van der Waals surface area contributed by atoms with E-state index in [1.165, 1.54) is 16.7 Å². The van der Waals surface area contributed by atoms with Crippen LogP contribution in [0.4, 0.5) is 4.39 Å². The summed E-state index contributed by atoms with van der Waals surface area (Å²) in [7, 11) is 0. The van der Waals surface area contributed by atoms with Gasteiger partial charge in [0.1, 0.15) is 0 Å². The molecule has 0 saturated carbocycles. The summed E-state index contributed by atoms with van der Waals surface area (Å²) in [6.07, 6.45) is 2.61. The Labute approximate surface area is 59.5 Å². The van der Waals surface area contributed by atoms with Crippen molar-refractivity contribution in [2.45, 2.75) is 25.8 Å². The molecule has 1 aliphatic heterocycles. The van der Waals surface area contributed by atoms with E-state index in [0.29, 0.717) is 12.3 Å². The molecule has 52 valence electrons. The van der Waals surface area contributed by atoms with Crippen molar-refractivity contribution in [1.82, 2.24) is 0 Å². The van der Waals surface area contributed by atoms with Crippen molar-refractivity contribution < 1.29 is 4.39 Å². The molecule has 0 N–H and O–H groups in total. The first kappa shape index (κ1) is 7.13. The van der Waals surface area contributed by atoms with Crippen LogP contribution in [0.25, 0.3) is 0 Å². The lowest BCUT2D eigenvalue weighted by Gasteiger charge is -2.03. The quantitative estimate of drug-likeness (QED) is 0.548. The van der Waals surface area contributed by atoms with Crippen LogP contribution in [0, 0.1) is 5.92 Å². The third-order valence-electron chi connectivity index (χ3n) is 1.34. The maximum atomic E-state index is 12.4. The van der Waals surface area contributed by atoms with Gasteiger partial charge in [-0.15, -0.1) is 0 Å². The van der Waals surface area contributed by atoms with Gasteiger partial charge in [0.25, 0.3) is 0 Å². The minimum atomic E-state index is -0.664. The zero-order valence-corrected chi connectivity index (χ0v) is 6.54. The first-order chi connectivity index (χ1) is 4.20. The van der Waals surface area contributed by atoms with Crippen LogP contribution in [-0.2, 0) is 0 Å². The summed E-state index contributed by atoms with van der Waals surface area (Å²) in [5, 5.41) is 0. The van der Waals surface area contributed by atoms with Gasteiger partial charge in [-0.25, -0.2) is 4.39 Å². The number of thioether (sulfide) groups is 1. The number of allylic oxidation sites excluding steroid dienone is 2. The van der Waals surface area contributed by atoms with Gasteiger partial charge in [-0.3, -0.25) is 0 Å². The summed E-state index contributed by atoms with van der Waals surface area (Å²) in [5.41, 5.74) is -0.664. The van der Waals surface area contributed by atoms with Gasteiger partial charge >= 0.3 is 0 Å². The van der Waals surface area contributed by atoms with Crippen LogP contribution in [0.5, 0.6) is 0 Å². The van der Waals surface area contributed by atoms with E-state index >= 15 is 0 Å². The molecule has 1 aliphatic rings. The lowest BCUT2D eigenvalue weighted by Crippen LogP contribution is -1.87. The zero-order valence-electron chi connectivity index (χ0n) is 5.73. The Morgan fingerprint density at radius 3 is 2.67 bits per heavy atom. The molecule has 2 heteroatoms. The molecule has 1 heterocycles. The van der Waals surface area contributed by atoms with Crippen LogP contribution in [0.1, 0.15) is 20.3 Å². The highest BCUT2D eigenvalue weighted by atomic mass is 32.2. The van der Waals surface area contributed by atoms with Crippen molar-refractivity contribution in [3.05, 3.63) is 11.0 Å². The van der Waals surface area contributed by atoms with Crippen LogP contribution in [0.15, 0.2) is 11.0 Å². The number of hydrogen-bond acceptors (Lipinski definition) is 1. The Bertz CT molecular complexity index is 129. The van der Waals surface area contributed by atoms with Crippen molar-refractivity contribution in [1.29, 1.82) is 0 Å². The van der Waals surface area contributed by atoms with Gasteiger partial charge < -0.3 is 0 Å². The normalized spacial score (nSPS) is 27.1.